The number of nitrogens with two attached hydrogens (primary N) is 1. The fourth-order valence-corrected chi connectivity index (χ4v) is 2.04. The lowest BCUT2D eigenvalue weighted by Crippen LogP contribution is -2.30. The standard InChI is InChI=1S/C12H20N4O2/c1-8-6-14-11(18-8)9(2)15-7-12(3-4-12)5-10(13)16-17/h6,9,15,17H,3-5,7H2,1-2H3,(H2,13,16). The van der Waals surface area contributed by atoms with Gasteiger partial charge in [-0.2, -0.15) is 0 Å². The molecule has 1 saturated carbocycles. The molecule has 6 nitrogen and oxygen atoms in total. The SMILES string of the molecule is Cc1cnc(C(C)NCC2(C/C(N)=N/O)CC2)o1. The van der Waals surface area contributed by atoms with Crippen molar-refractivity contribution in [1.29, 1.82) is 0 Å². The Bertz CT molecular complexity index is 437. The molecule has 0 spiro atoms. The number of hydrogen-bond donors (Lipinski definition) is 3. The third kappa shape index (κ3) is 3.01. The zero-order valence-corrected chi connectivity index (χ0v) is 10.8. The largest absolute Gasteiger partial charge is 0.444 e. The Hall–Kier alpha value is -1.56. The van der Waals surface area contributed by atoms with Crippen LogP contribution >= 0.6 is 0 Å². The molecule has 0 amide bonds. The molecule has 0 aromatic carbocycles. The van der Waals surface area contributed by atoms with E-state index in [1.54, 1.807) is 6.20 Å². The van der Waals surface area contributed by atoms with Crippen LogP contribution in [0, 0.1) is 12.3 Å². The number of oxazole rings is 1. The van der Waals surface area contributed by atoms with Gasteiger partial charge >= 0.3 is 0 Å². The highest BCUT2D eigenvalue weighted by Gasteiger charge is 2.43. The molecule has 100 valence electrons. The molecule has 18 heavy (non-hydrogen) atoms. The monoisotopic (exact) mass is 252 g/mol. The first-order valence-electron chi connectivity index (χ1n) is 6.17. The molecule has 0 aliphatic heterocycles. The van der Waals surface area contributed by atoms with Gasteiger partial charge in [-0.1, -0.05) is 5.16 Å². The van der Waals surface area contributed by atoms with E-state index in [2.05, 4.69) is 15.5 Å². The molecular weight excluding hydrogens is 232 g/mol. The van der Waals surface area contributed by atoms with Crippen molar-refractivity contribution in [2.24, 2.45) is 16.3 Å². The van der Waals surface area contributed by atoms with Gasteiger partial charge in [-0.05, 0) is 32.1 Å². The first-order chi connectivity index (χ1) is 8.54. The van der Waals surface area contributed by atoms with Crippen LogP contribution in [0.2, 0.25) is 0 Å². The van der Waals surface area contributed by atoms with Gasteiger partial charge in [0.2, 0.25) is 5.89 Å². The van der Waals surface area contributed by atoms with Gasteiger partial charge in [-0.15, -0.1) is 0 Å². The quantitative estimate of drug-likeness (QED) is 0.309. The van der Waals surface area contributed by atoms with Gasteiger partial charge < -0.3 is 20.7 Å². The summed E-state index contributed by atoms with van der Waals surface area (Å²) in [4.78, 5) is 4.20. The predicted octanol–water partition coefficient (Wildman–Crippen LogP) is 1.55. The molecule has 0 radical (unpaired) electrons. The number of oxime groups is 1. The predicted molar refractivity (Wildman–Crippen MR) is 67.4 cm³/mol. The minimum Gasteiger partial charge on any atom is -0.444 e. The molecule has 6 heteroatoms. The van der Waals surface area contributed by atoms with Crippen molar-refractivity contribution >= 4 is 5.84 Å². The van der Waals surface area contributed by atoms with Crippen molar-refractivity contribution < 1.29 is 9.62 Å². The fraction of sp³-hybridized carbons (Fsp3) is 0.667. The summed E-state index contributed by atoms with van der Waals surface area (Å²) in [5.74, 6) is 1.82. The third-order valence-electron chi connectivity index (χ3n) is 3.43. The van der Waals surface area contributed by atoms with Crippen molar-refractivity contribution in [2.75, 3.05) is 6.54 Å². The molecule has 1 heterocycles. The third-order valence-corrected chi connectivity index (χ3v) is 3.43. The van der Waals surface area contributed by atoms with E-state index in [0.717, 1.165) is 25.1 Å². The Morgan fingerprint density at radius 3 is 2.94 bits per heavy atom. The molecule has 1 aliphatic rings. The fourth-order valence-electron chi connectivity index (χ4n) is 2.04. The molecule has 1 aromatic heterocycles. The van der Waals surface area contributed by atoms with Gasteiger partial charge in [0.25, 0.3) is 0 Å². The van der Waals surface area contributed by atoms with Gasteiger partial charge in [-0.3, -0.25) is 0 Å². The zero-order chi connectivity index (χ0) is 13.2. The molecule has 4 N–H and O–H groups in total. The highest BCUT2D eigenvalue weighted by atomic mass is 16.4. The number of hydrogen-bond acceptors (Lipinski definition) is 5. The maximum Gasteiger partial charge on any atom is 0.211 e. The summed E-state index contributed by atoms with van der Waals surface area (Å²) in [6.07, 6.45) is 4.56. The zero-order valence-electron chi connectivity index (χ0n) is 10.8. The van der Waals surface area contributed by atoms with Gasteiger partial charge in [0.1, 0.15) is 11.6 Å². The minimum absolute atomic E-state index is 0.0727. The van der Waals surface area contributed by atoms with Crippen molar-refractivity contribution in [2.45, 2.75) is 39.2 Å². The molecule has 1 unspecified atom stereocenters. The summed E-state index contributed by atoms with van der Waals surface area (Å²) in [6.45, 7) is 4.72. The normalized spacial score (nSPS) is 19.8. The number of nitrogens with zero attached hydrogens (tertiary/aromatic N) is 2. The van der Waals surface area contributed by atoms with Crippen LogP contribution in [0.15, 0.2) is 15.8 Å². The Morgan fingerprint density at radius 1 is 1.72 bits per heavy atom. The van der Waals surface area contributed by atoms with E-state index < -0.39 is 0 Å². The van der Waals surface area contributed by atoms with Crippen LogP contribution in [-0.2, 0) is 0 Å². The number of aryl methyl sites for hydroxylation is 1. The summed E-state index contributed by atoms with van der Waals surface area (Å²) in [5, 5.41) is 15.0. The molecule has 2 rings (SSSR count). The Morgan fingerprint density at radius 2 is 2.44 bits per heavy atom. The number of nitrogens with one attached hydrogen (secondary N) is 1. The Labute approximate surface area is 106 Å². The summed E-state index contributed by atoms with van der Waals surface area (Å²) in [5.41, 5.74) is 5.71. The summed E-state index contributed by atoms with van der Waals surface area (Å²) >= 11 is 0. The molecular formula is C12H20N4O2. The highest BCUT2D eigenvalue weighted by Crippen LogP contribution is 2.48. The van der Waals surface area contributed by atoms with Crippen molar-refractivity contribution in [3.8, 4) is 0 Å². The molecule has 1 aromatic rings. The van der Waals surface area contributed by atoms with Gasteiger partial charge in [0.05, 0.1) is 12.2 Å². The van der Waals surface area contributed by atoms with Crippen LogP contribution in [0.25, 0.3) is 0 Å². The average molecular weight is 252 g/mol. The second-order valence-electron chi connectivity index (χ2n) is 5.18. The first kappa shape index (κ1) is 12.9. The highest BCUT2D eigenvalue weighted by molar-refractivity contribution is 5.80. The van der Waals surface area contributed by atoms with Gasteiger partial charge in [0.15, 0.2) is 0 Å². The second-order valence-corrected chi connectivity index (χ2v) is 5.18. The first-order valence-corrected chi connectivity index (χ1v) is 6.17. The van der Waals surface area contributed by atoms with Crippen LogP contribution < -0.4 is 11.1 Å². The lowest BCUT2D eigenvalue weighted by Gasteiger charge is -2.17. The maximum atomic E-state index is 8.60. The lowest BCUT2D eigenvalue weighted by molar-refractivity contribution is 0.313. The van der Waals surface area contributed by atoms with Crippen molar-refractivity contribution in [1.82, 2.24) is 10.3 Å². The van der Waals surface area contributed by atoms with Crippen LogP contribution in [-0.4, -0.2) is 22.6 Å². The van der Waals surface area contributed by atoms with E-state index in [4.69, 9.17) is 15.4 Å². The van der Waals surface area contributed by atoms with Crippen molar-refractivity contribution in [3.05, 3.63) is 17.8 Å². The van der Waals surface area contributed by atoms with Crippen LogP contribution in [0.4, 0.5) is 0 Å². The van der Waals surface area contributed by atoms with Crippen LogP contribution in [0.5, 0.6) is 0 Å². The van der Waals surface area contributed by atoms with Gasteiger partial charge in [0, 0.05) is 13.0 Å². The Kier molecular flexibility index (Phi) is 3.56. The van der Waals surface area contributed by atoms with Crippen LogP contribution in [0.1, 0.15) is 43.9 Å². The topological polar surface area (TPSA) is 96.7 Å². The van der Waals surface area contributed by atoms with E-state index in [-0.39, 0.29) is 11.5 Å². The molecule has 0 saturated heterocycles. The lowest BCUT2D eigenvalue weighted by atomic mass is 10.0. The molecule has 1 atom stereocenters. The maximum absolute atomic E-state index is 8.60. The molecule has 1 fully saturated rings. The minimum atomic E-state index is 0.0727. The van der Waals surface area contributed by atoms with E-state index in [9.17, 15) is 0 Å². The smallest absolute Gasteiger partial charge is 0.211 e. The average Bonchev–Trinajstić information content (AvgIpc) is 2.98. The number of aromatic nitrogens is 1. The summed E-state index contributed by atoms with van der Waals surface area (Å²) in [6, 6.07) is 0.0727. The number of rotatable bonds is 6. The van der Waals surface area contributed by atoms with E-state index in [0.29, 0.717) is 18.1 Å². The summed E-state index contributed by atoms with van der Waals surface area (Å²) < 4.78 is 5.47. The Balaban J connectivity index is 1.84. The number of amidine groups is 1. The molecule has 1 aliphatic carbocycles. The van der Waals surface area contributed by atoms with Crippen molar-refractivity contribution in [3.63, 3.8) is 0 Å². The van der Waals surface area contributed by atoms with E-state index in [1.165, 1.54) is 0 Å². The molecule has 0 bridgehead atoms. The second kappa shape index (κ2) is 4.97. The van der Waals surface area contributed by atoms with E-state index in [1.807, 2.05) is 13.8 Å². The van der Waals surface area contributed by atoms with Gasteiger partial charge in [-0.25, -0.2) is 4.98 Å². The van der Waals surface area contributed by atoms with E-state index >= 15 is 0 Å². The summed E-state index contributed by atoms with van der Waals surface area (Å²) in [7, 11) is 0. The van der Waals surface area contributed by atoms with Crippen LogP contribution in [0.3, 0.4) is 0 Å².